The molecule has 2 N–H and O–H groups in total. The van der Waals surface area contributed by atoms with Gasteiger partial charge in [0.05, 0.1) is 19.5 Å². The van der Waals surface area contributed by atoms with E-state index in [4.69, 9.17) is 18.6 Å². The monoisotopic (exact) mass is 544 g/mol. The van der Waals surface area contributed by atoms with Gasteiger partial charge in [0.25, 0.3) is 0 Å². The van der Waals surface area contributed by atoms with Crippen molar-refractivity contribution < 1.29 is 38.4 Å². The Morgan fingerprint density at radius 1 is 0.725 bits per heavy atom. The molecular formula is C32H32O8. The van der Waals surface area contributed by atoms with Crippen LogP contribution in [0.4, 0.5) is 0 Å². The van der Waals surface area contributed by atoms with Crippen LogP contribution in [-0.2, 0) is 4.74 Å². The Balaban J connectivity index is 1.12. The molecule has 0 saturated carbocycles. The van der Waals surface area contributed by atoms with Gasteiger partial charge in [-0.2, -0.15) is 0 Å². The van der Waals surface area contributed by atoms with Crippen LogP contribution in [0.25, 0.3) is 11.1 Å². The molecule has 0 bridgehead atoms. The molecule has 1 aromatic heterocycles. The van der Waals surface area contributed by atoms with Crippen molar-refractivity contribution in [1.82, 2.24) is 0 Å². The molecule has 0 amide bonds. The SMILES string of the molecule is O=C(Oc1ccc(-c2ccccc2OCCCCCCCCOC(=O)c2cc(O)ccc2O)cc1)c1ccco1. The highest BCUT2D eigenvalue weighted by Crippen LogP contribution is 2.31. The van der Waals surface area contributed by atoms with E-state index in [1.165, 1.54) is 24.5 Å². The molecule has 0 saturated heterocycles. The normalized spacial score (nSPS) is 10.7. The lowest BCUT2D eigenvalue weighted by Gasteiger charge is -2.12. The summed E-state index contributed by atoms with van der Waals surface area (Å²) in [5, 5.41) is 19.2. The molecule has 0 aliphatic rings. The Kier molecular flexibility index (Phi) is 10.2. The number of unbranched alkanes of at least 4 members (excludes halogenated alkanes) is 5. The quantitative estimate of drug-likeness (QED) is 0.0744. The third-order valence-electron chi connectivity index (χ3n) is 6.21. The summed E-state index contributed by atoms with van der Waals surface area (Å²) in [6.07, 6.45) is 7.09. The maximum absolute atomic E-state index is 12.1. The topological polar surface area (TPSA) is 115 Å². The summed E-state index contributed by atoms with van der Waals surface area (Å²) >= 11 is 0. The van der Waals surface area contributed by atoms with Crippen molar-refractivity contribution >= 4 is 11.9 Å². The number of phenols is 2. The van der Waals surface area contributed by atoms with Gasteiger partial charge >= 0.3 is 11.9 Å². The van der Waals surface area contributed by atoms with Gasteiger partial charge < -0.3 is 28.8 Å². The number of rotatable bonds is 14. The average molecular weight is 545 g/mol. The molecule has 8 nitrogen and oxygen atoms in total. The zero-order chi connectivity index (χ0) is 28.2. The molecule has 0 radical (unpaired) electrons. The van der Waals surface area contributed by atoms with Crippen LogP contribution in [0.5, 0.6) is 23.0 Å². The van der Waals surface area contributed by atoms with Gasteiger partial charge in [0.15, 0.2) is 0 Å². The number of phenolic OH excluding ortho intramolecular Hbond substituents is 2. The third kappa shape index (κ3) is 8.14. The van der Waals surface area contributed by atoms with Crippen molar-refractivity contribution in [3.63, 3.8) is 0 Å². The molecule has 3 aromatic carbocycles. The Labute approximate surface area is 232 Å². The van der Waals surface area contributed by atoms with Crippen LogP contribution in [-0.4, -0.2) is 35.4 Å². The second kappa shape index (κ2) is 14.4. The van der Waals surface area contributed by atoms with E-state index in [1.807, 2.05) is 36.4 Å². The first-order chi connectivity index (χ1) is 19.5. The Morgan fingerprint density at radius 3 is 2.20 bits per heavy atom. The number of furan rings is 1. The lowest BCUT2D eigenvalue weighted by molar-refractivity contribution is 0.0493. The molecule has 0 aliphatic carbocycles. The third-order valence-corrected chi connectivity index (χ3v) is 6.21. The predicted molar refractivity (Wildman–Crippen MR) is 149 cm³/mol. The zero-order valence-electron chi connectivity index (χ0n) is 22.1. The highest BCUT2D eigenvalue weighted by atomic mass is 16.5. The molecule has 4 aromatic rings. The fourth-order valence-electron chi connectivity index (χ4n) is 4.11. The lowest BCUT2D eigenvalue weighted by Crippen LogP contribution is -2.06. The van der Waals surface area contributed by atoms with E-state index < -0.39 is 11.9 Å². The molecule has 8 heteroatoms. The molecular weight excluding hydrogens is 512 g/mol. The van der Waals surface area contributed by atoms with E-state index >= 15 is 0 Å². The molecule has 40 heavy (non-hydrogen) atoms. The number of benzene rings is 3. The van der Waals surface area contributed by atoms with E-state index in [0.29, 0.717) is 12.4 Å². The number of aromatic hydroxyl groups is 2. The van der Waals surface area contributed by atoms with Gasteiger partial charge in [-0.15, -0.1) is 0 Å². The van der Waals surface area contributed by atoms with Gasteiger partial charge in [-0.25, -0.2) is 9.59 Å². The zero-order valence-corrected chi connectivity index (χ0v) is 22.1. The summed E-state index contributed by atoms with van der Waals surface area (Å²) in [6.45, 7) is 0.863. The number of hydrogen-bond acceptors (Lipinski definition) is 8. The van der Waals surface area contributed by atoms with Crippen LogP contribution in [0, 0.1) is 0 Å². The minimum absolute atomic E-state index is 0.0368. The van der Waals surface area contributed by atoms with Crippen LogP contribution in [0.2, 0.25) is 0 Å². The van der Waals surface area contributed by atoms with Crippen LogP contribution in [0.1, 0.15) is 59.4 Å². The number of hydrogen-bond donors (Lipinski definition) is 2. The smallest absolute Gasteiger partial charge is 0.379 e. The lowest BCUT2D eigenvalue weighted by atomic mass is 10.0. The van der Waals surface area contributed by atoms with E-state index in [-0.39, 0.29) is 29.4 Å². The van der Waals surface area contributed by atoms with E-state index in [1.54, 1.807) is 24.3 Å². The number of esters is 2. The summed E-state index contributed by atoms with van der Waals surface area (Å²) in [5.41, 5.74) is 1.87. The largest absolute Gasteiger partial charge is 0.508 e. The first-order valence-corrected chi connectivity index (χ1v) is 13.3. The maximum atomic E-state index is 12.1. The van der Waals surface area contributed by atoms with Crippen LogP contribution in [0.15, 0.2) is 89.5 Å². The molecule has 1 heterocycles. The van der Waals surface area contributed by atoms with Gasteiger partial charge in [0, 0.05) is 5.56 Å². The number of carbonyl (C=O) groups is 2. The van der Waals surface area contributed by atoms with E-state index in [9.17, 15) is 19.8 Å². The van der Waals surface area contributed by atoms with Crippen molar-refractivity contribution in [2.75, 3.05) is 13.2 Å². The molecule has 0 spiro atoms. The van der Waals surface area contributed by atoms with Crippen molar-refractivity contribution in [3.8, 4) is 34.1 Å². The first-order valence-electron chi connectivity index (χ1n) is 13.3. The van der Waals surface area contributed by atoms with E-state index in [0.717, 1.165) is 55.4 Å². The van der Waals surface area contributed by atoms with E-state index in [2.05, 4.69) is 0 Å². The van der Waals surface area contributed by atoms with Gasteiger partial charge in [-0.1, -0.05) is 56.0 Å². The van der Waals surface area contributed by atoms with Crippen LogP contribution < -0.4 is 9.47 Å². The fraction of sp³-hybridized carbons (Fsp3) is 0.250. The molecule has 0 unspecified atom stereocenters. The van der Waals surface area contributed by atoms with Gasteiger partial charge in [-0.05, 0) is 66.9 Å². The Bertz CT molecular complexity index is 1380. The second-order valence-corrected chi connectivity index (χ2v) is 9.19. The summed E-state index contributed by atoms with van der Waals surface area (Å²) in [4.78, 5) is 24.1. The number of para-hydroxylation sites is 1. The summed E-state index contributed by atoms with van der Waals surface area (Å²) in [6, 6.07) is 22.0. The Morgan fingerprint density at radius 2 is 1.45 bits per heavy atom. The van der Waals surface area contributed by atoms with Crippen LogP contribution >= 0.6 is 0 Å². The van der Waals surface area contributed by atoms with Crippen molar-refractivity contribution in [2.45, 2.75) is 38.5 Å². The van der Waals surface area contributed by atoms with Gasteiger partial charge in [-0.3, -0.25) is 0 Å². The maximum Gasteiger partial charge on any atom is 0.379 e. The number of ether oxygens (including phenoxy) is 3. The average Bonchev–Trinajstić information content (AvgIpc) is 3.51. The molecule has 0 aliphatic heterocycles. The van der Waals surface area contributed by atoms with Crippen LogP contribution in [0.3, 0.4) is 0 Å². The molecule has 0 atom stereocenters. The summed E-state index contributed by atoms with van der Waals surface area (Å²) < 4.78 is 21.7. The van der Waals surface area contributed by atoms with Gasteiger partial charge in [0.2, 0.25) is 5.76 Å². The summed E-state index contributed by atoms with van der Waals surface area (Å²) in [7, 11) is 0. The highest BCUT2D eigenvalue weighted by molar-refractivity contribution is 5.92. The second-order valence-electron chi connectivity index (χ2n) is 9.19. The van der Waals surface area contributed by atoms with Gasteiger partial charge in [0.1, 0.15) is 28.6 Å². The van der Waals surface area contributed by atoms with Crippen molar-refractivity contribution in [1.29, 1.82) is 0 Å². The Hall–Kier alpha value is -4.72. The first kappa shape index (κ1) is 28.3. The minimum Gasteiger partial charge on any atom is -0.508 e. The standard InChI is InChI=1S/C32H32O8/c33-24-15-18-28(34)27(22-24)31(35)39-20-8-4-2-1-3-7-19-37-29-11-6-5-10-26(29)23-13-16-25(17-14-23)40-32(36)30-12-9-21-38-30/h5-6,9-18,21-22,33-34H,1-4,7-8,19-20H2. The molecule has 0 fully saturated rings. The van der Waals surface area contributed by atoms with Crippen molar-refractivity contribution in [3.05, 3.63) is 96.4 Å². The molecule has 208 valence electrons. The predicted octanol–water partition coefficient (Wildman–Crippen LogP) is 7.15. The molecule has 4 rings (SSSR count). The van der Waals surface area contributed by atoms with Crippen molar-refractivity contribution in [2.24, 2.45) is 0 Å². The number of carbonyl (C=O) groups excluding carboxylic acids is 2. The highest BCUT2D eigenvalue weighted by Gasteiger charge is 2.14. The minimum atomic E-state index is -0.643. The summed E-state index contributed by atoms with van der Waals surface area (Å²) in [5.74, 6) is -0.129. The fourth-order valence-corrected chi connectivity index (χ4v) is 4.11.